The first kappa shape index (κ1) is 35.2. The molecule has 0 saturated carbocycles. The zero-order chi connectivity index (χ0) is 35.5. The van der Waals surface area contributed by atoms with E-state index in [9.17, 15) is 4.79 Å². The lowest BCUT2D eigenvalue weighted by atomic mass is 9.87. The van der Waals surface area contributed by atoms with E-state index in [4.69, 9.17) is 24.4 Å². The smallest absolute Gasteiger partial charge is 0.254 e. The molecule has 2 aromatic heterocycles. The number of carbonyl (C=O) groups excluding carboxylic acids is 1. The third-order valence-electron chi connectivity index (χ3n) is 10.2. The minimum absolute atomic E-state index is 0.0722. The van der Waals surface area contributed by atoms with E-state index >= 15 is 0 Å². The Bertz CT molecular complexity index is 1840. The highest BCUT2D eigenvalue weighted by molar-refractivity contribution is 8.00. The van der Waals surface area contributed by atoms with E-state index in [2.05, 4.69) is 67.4 Å². The summed E-state index contributed by atoms with van der Waals surface area (Å²) in [6.45, 7) is 14.0. The van der Waals surface area contributed by atoms with Gasteiger partial charge < -0.3 is 19.3 Å². The first-order valence-corrected chi connectivity index (χ1v) is 19.0. The van der Waals surface area contributed by atoms with Gasteiger partial charge in [-0.2, -0.15) is 4.98 Å². The Morgan fingerprint density at radius 2 is 1.75 bits per heavy atom. The molecule has 2 atom stereocenters. The number of aryl methyl sites for hydroxylation is 2. The maximum atomic E-state index is 14.7. The summed E-state index contributed by atoms with van der Waals surface area (Å²) in [5, 5.41) is 0. The maximum Gasteiger partial charge on any atom is 0.254 e. The van der Waals surface area contributed by atoms with Crippen LogP contribution in [0, 0.1) is 25.2 Å². The molecule has 4 aromatic rings. The van der Waals surface area contributed by atoms with Crippen molar-refractivity contribution in [1.29, 1.82) is 0 Å². The Labute approximate surface area is 305 Å². The zero-order valence-electron chi connectivity index (χ0n) is 30.4. The van der Waals surface area contributed by atoms with Crippen molar-refractivity contribution >= 4 is 29.6 Å². The maximum absolute atomic E-state index is 14.7. The molecule has 2 saturated heterocycles. The number of benzene rings is 2. The van der Waals surface area contributed by atoms with Crippen molar-refractivity contribution in [3.8, 4) is 17.1 Å². The predicted molar refractivity (Wildman–Crippen MR) is 202 cm³/mol. The second-order valence-electron chi connectivity index (χ2n) is 15.3. The van der Waals surface area contributed by atoms with Crippen LogP contribution in [0.5, 0.6) is 5.88 Å². The minimum atomic E-state index is -0.281. The monoisotopic (exact) mass is 707 g/mol. The van der Waals surface area contributed by atoms with Gasteiger partial charge in [-0.25, -0.2) is 9.97 Å². The molecule has 5 heterocycles. The molecule has 0 spiro atoms. The summed E-state index contributed by atoms with van der Waals surface area (Å²) in [6, 6.07) is 16.0. The Morgan fingerprint density at radius 1 is 0.961 bits per heavy atom. The highest BCUT2D eigenvalue weighted by Gasteiger charge is 2.35. The summed E-state index contributed by atoms with van der Waals surface area (Å²) in [5.74, 6) is 2.32. The molecular weight excluding hydrogens is 659 g/mol. The summed E-state index contributed by atoms with van der Waals surface area (Å²) in [6.07, 6.45) is 8.85. The average molecular weight is 708 g/mol. The third-order valence-corrected chi connectivity index (χ3v) is 10.9. The summed E-state index contributed by atoms with van der Waals surface area (Å²) < 4.78 is 15.6. The van der Waals surface area contributed by atoms with Crippen LogP contribution in [-0.4, -0.2) is 69.2 Å². The largest absolute Gasteiger partial charge is 0.475 e. The van der Waals surface area contributed by atoms with E-state index in [0.717, 1.165) is 84.2 Å². The lowest BCUT2D eigenvalue weighted by Crippen LogP contribution is -2.45. The highest BCUT2D eigenvalue weighted by Crippen LogP contribution is 2.35. The van der Waals surface area contributed by atoms with Crippen molar-refractivity contribution in [2.75, 3.05) is 36.0 Å². The number of nitrogens with zero attached hydrogens (tertiary/aromatic N) is 6. The number of amides is 1. The Morgan fingerprint density at radius 3 is 2.53 bits per heavy atom. The van der Waals surface area contributed by atoms with Gasteiger partial charge in [0, 0.05) is 47.9 Å². The molecule has 2 fully saturated rings. The van der Waals surface area contributed by atoms with E-state index in [1.54, 1.807) is 6.20 Å². The molecule has 3 aliphatic heterocycles. The zero-order valence-corrected chi connectivity index (χ0v) is 31.2. The van der Waals surface area contributed by atoms with Gasteiger partial charge in [0.2, 0.25) is 11.8 Å². The molecule has 11 heteroatoms. The van der Waals surface area contributed by atoms with Crippen LogP contribution >= 0.6 is 11.9 Å². The summed E-state index contributed by atoms with van der Waals surface area (Å²) in [5.41, 5.74) is 5.37. The molecule has 268 valence electrons. The van der Waals surface area contributed by atoms with E-state index in [0.29, 0.717) is 42.3 Å². The highest BCUT2D eigenvalue weighted by atomic mass is 32.2. The summed E-state index contributed by atoms with van der Waals surface area (Å²) in [4.78, 5) is 39.5. The summed E-state index contributed by atoms with van der Waals surface area (Å²) >= 11 is 1.37. The van der Waals surface area contributed by atoms with E-state index in [1.807, 2.05) is 41.4 Å². The van der Waals surface area contributed by atoms with Gasteiger partial charge in [-0.3, -0.25) is 14.5 Å². The van der Waals surface area contributed by atoms with Crippen LogP contribution in [0.4, 0.5) is 11.8 Å². The molecule has 1 amide bonds. The van der Waals surface area contributed by atoms with Gasteiger partial charge in [-0.15, -0.1) is 0 Å². The van der Waals surface area contributed by atoms with Gasteiger partial charge in [0.1, 0.15) is 12.4 Å². The SMILES string of the molecule is Cc1cccc(C)c1-c1cc2nc(n1)NSc1cccc(c1)C(=O)N(Cc1cncc(N3CCC[C@@H]3C3CCOCC3)n1)[C@H](CC(C)(C)C)CO2. The van der Waals surface area contributed by atoms with E-state index < -0.39 is 0 Å². The van der Waals surface area contributed by atoms with Crippen molar-refractivity contribution in [2.24, 2.45) is 11.3 Å². The van der Waals surface area contributed by atoms with Crippen LogP contribution in [0.1, 0.15) is 80.1 Å². The van der Waals surface area contributed by atoms with Gasteiger partial charge in [-0.05, 0) is 98.6 Å². The quantitative estimate of drug-likeness (QED) is 0.199. The molecule has 3 aliphatic rings. The van der Waals surface area contributed by atoms with E-state index in [1.165, 1.54) is 11.9 Å². The topological polar surface area (TPSA) is 106 Å². The lowest BCUT2D eigenvalue weighted by molar-refractivity contribution is 0.0509. The number of rotatable bonds is 6. The Balaban J connectivity index is 1.25. The number of aromatic nitrogens is 4. The first-order valence-electron chi connectivity index (χ1n) is 18.2. The average Bonchev–Trinajstić information content (AvgIpc) is 3.62. The fraction of sp³-hybridized carbons (Fsp3) is 0.475. The van der Waals surface area contributed by atoms with Gasteiger partial charge in [-0.1, -0.05) is 45.0 Å². The predicted octanol–water partition coefficient (Wildman–Crippen LogP) is 7.90. The lowest BCUT2D eigenvalue weighted by Gasteiger charge is -2.36. The fourth-order valence-corrected chi connectivity index (χ4v) is 8.45. The van der Waals surface area contributed by atoms with Crippen molar-refractivity contribution < 1.29 is 14.3 Å². The second kappa shape index (κ2) is 15.2. The van der Waals surface area contributed by atoms with E-state index in [-0.39, 0.29) is 24.0 Å². The van der Waals surface area contributed by atoms with Gasteiger partial charge in [0.25, 0.3) is 5.91 Å². The molecule has 0 aliphatic carbocycles. The van der Waals surface area contributed by atoms with Crippen LogP contribution in [0.15, 0.2) is 65.8 Å². The number of nitrogens with one attached hydrogen (secondary N) is 1. The van der Waals surface area contributed by atoms with Crippen LogP contribution in [0.3, 0.4) is 0 Å². The number of hydrogen-bond acceptors (Lipinski definition) is 10. The molecule has 10 nitrogen and oxygen atoms in total. The number of hydrogen-bond donors (Lipinski definition) is 1. The van der Waals surface area contributed by atoms with Crippen LogP contribution < -0.4 is 14.4 Å². The summed E-state index contributed by atoms with van der Waals surface area (Å²) in [7, 11) is 0. The molecule has 7 rings (SSSR count). The van der Waals surface area contributed by atoms with Crippen molar-refractivity contribution in [3.05, 3.63) is 83.3 Å². The molecule has 0 radical (unpaired) electrons. The third kappa shape index (κ3) is 8.31. The molecule has 2 aromatic carbocycles. The first-order chi connectivity index (χ1) is 24.6. The number of fused-ring (bicyclic) bond motifs is 4. The molecular formula is C40H49N7O3S. The molecule has 4 bridgehead atoms. The number of carbonyl (C=O) groups is 1. The van der Waals surface area contributed by atoms with Gasteiger partial charge >= 0.3 is 0 Å². The second-order valence-corrected chi connectivity index (χ2v) is 16.2. The number of ether oxygens (including phenoxy) is 2. The van der Waals surface area contributed by atoms with Crippen LogP contribution in [-0.2, 0) is 11.3 Å². The Hall–Kier alpha value is -4.22. The van der Waals surface area contributed by atoms with Crippen molar-refractivity contribution in [3.63, 3.8) is 0 Å². The minimum Gasteiger partial charge on any atom is -0.475 e. The normalized spacial score (nSPS) is 20.2. The van der Waals surface area contributed by atoms with Gasteiger partial charge in [0.05, 0.1) is 36.4 Å². The molecule has 51 heavy (non-hydrogen) atoms. The standard InChI is InChI=1S/C40H49N7O3S/c1-26-9-6-10-27(2)37(26)33-20-36-44-39(43-33)45-51-32-12-7-11-29(19-32)38(48)47(31(25-50-36)21-40(3,4)5)24-30-22-41-23-35(42-30)46-16-8-13-34(46)28-14-17-49-18-15-28/h6-7,9-12,19-20,22-23,28,31,34H,8,13-18,21,24-25H2,1-5H3,(H,43,44,45)/t31-,34-/m1/s1. The Kier molecular flexibility index (Phi) is 10.5. The number of anilines is 2. The van der Waals surface area contributed by atoms with Crippen molar-refractivity contribution in [1.82, 2.24) is 24.8 Å². The van der Waals surface area contributed by atoms with Crippen LogP contribution in [0.2, 0.25) is 0 Å². The molecule has 0 unspecified atom stereocenters. The molecule has 1 N–H and O–H groups in total. The fourth-order valence-electron chi connectivity index (χ4n) is 7.82. The van der Waals surface area contributed by atoms with Crippen molar-refractivity contribution in [2.45, 2.75) is 90.2 Å². The van der Waals surface area contributed by atoms with Crippen LogP contribution in [0.25, 0.3) is 11.3 Å². The van der Waals surface area contributed by atoms with Gasteiger partial charge in [0.15, 0.2) is 0 Å².